The van der Waals surface area contributed by atoms with Gasteiger partial charge in [0.05, 0.1) is 5.56 Å². The molecule has 216 valence electrons. The van der Waals surface area contributed by atoms with Gasteiger partial charge in [-0.25, -0.2) is 10.3 Å². The predicted molar refractivity (Wildman–Crippen MR) is 152 cm³/mol. The van der Waals surface area contributed by atoms with Gasteiger partial charge in [0.1, 0.15) is 5.60 Å². The average Bonchev–Trinajstić information content (AvgIpc) is 2.85. The Morgan fingerprint density at radius 1 is 0.700 bits per heavy atom. The summed E-state index contributed by atoms with van der Waals surface area (Å²) in [7, 11) is 0. The minimum absolute atomic E-state index is 0.0172. The molecule has 0 saturated heterocycles. The Labute approximate surface area is 236 Å². The van der Waals surface area contributed by atoms with E-state index in [0.717, 1.165) is 0 Å². The van der Waals surface area contributed by atoms with Crippen LogP contribution in [0.3, 0.4) is 0 Å². The van der Waals surface area contributed by atoms with Gasteiger partial charge in [-0.15, -0.1) is 0 Å². The monoisotopic (exact) mass is 551 g/mol. The maximum Gasteiger partial charge on any atom is 0.338 e. The number of hydrogen-bond donors (Lipinski definition) is 1. The second kappa shape index (κ2) is 12.3. The molecule has 1 amide bonds. The third-order valence-electron chi connectivity index (χ3n) is 5.88. The quantitative estimate of drug-likeness (QED) is 0.225. The standard InChI is InChI=1S/C32H41NO7/c1-11-24(29(38)39-32(8,9)10)40-33-28(37)22-17-16-21(27(36)31(5,6)7)18-23(22)25(34)19-12-14-20(15-13-19)26(35)30(2,3)4/h12-18,24H,11H2,1-10H3,(H,33,37). The van der Waals surface area contributed by atoms with Crippen LogP contribution in [0.25, 0.3) is 0 Å². The van der Waals surface area contributed by atoms with E-state index in [4.69, 9.17) is 9.57 Å². The molecule has 0 fully saturated rings. The maximum atomic E-state index is 13.6. The first-order chi connectivity index (χ1) is 18.3. The van der Waals surface area contributed by atoms with Gasteiger partial charge >= 0.3 is 5.97 Å². The summed E-state index contributed by atoms with van der Waals surface area (Å²) < 4.78 is 5.34. The SMILES string of the molecule is CCC(ONC(=O)c1ccc(C(=O)C(C)(C)C)cc1C(=O)c1ccc(C(=O)C(C)(C)C)cc1)C(=O)OC(C)(C)C. The minimum atomic E-state index is -1.06. The van der Waals surface area contributed by atoms with Gasteiger partial charge in [-0.05, 0) is 39.3 Å². The van der Waals surface area contributed by atoms with E-state index in [1.807, 2.05) is 20.8 Å². The molecule has 1 atom stereocenters. The molecule has 0 aliphatic rings. The topological polar surface area (TPSA) is 116 Å². The molecule has 2 rings (SSSR count). The summed E-state index contributed by atoms with van der Waals surface area (Å²) in [4.78, 5) is 70.3. The Hall–Kier alpha value is -3.65. The smallest absolute Gasteiger partial charge is 0.338 e. The summed E-state index contributed by atoms with van der Waals surface area (Å²) in [5.74, 6) is -2.19. The number of nitrogens with one attached hydrogen (secondary N) is 1. The first kappa shape index (κ1) is 32.6. The van der Waals surface area contributed by atoms with Crippen LogP contribution in [0.1, 0.15) is 123 Å². The molecule has 8 nitrogen and oxygen atoms in total. The lowest BCUT2D eigenvalue weighted by atomic mass is 9.84. The van der Waals surface area contributed by atoms with E-state index in [2.05, 4.69) is 5.48 Å². The summed E-state index contributed by atoms with van der Waals surface area (Å²) in [5.41, 5.74) is 1.13. The molecular formula is C32H41NO7. The third-order valence-corrected chi connectivity index (χ3v) is 5.88. The Balaban J connectivity index is 2.45. The first-order valence-corrected chi connectivity index (χ1v) is 13.3. The molecule has 2 aromatic rings. The molecule has 0 aliphatic carbocycles. The van der Waals surface area contributed by atoms with Gasteiger partial charge in [-0.3, -0.25) is 24.0 Å². The van der Waals surface area contributed by atoms with Crippen molar-refractivity contribution in [1.29, 1.82) is 0 Å². The highest BCUT2D eigenvalue weighted by Gasteiger charge is 2.29. The predicted octanol–water partition coefficient (Wildman–Crippen LogP) is 6.16. The molecule has 40 heavy (non-hydrogen) atoms. The fourth-order valence-electron chi connectivity index (χ4n) is 3.71. The largest absolute Gasteiger partial charge is 0.458 e. The number of amides is 1. The average molecular weight is 552 g/mol. The molecule has 0 aromatic heterocycles. The number of ketones is 3. The van der Waals surface area contributed by atoms with Gasteiger partial charge in [0.15, 0.2) is 23.5 Å². The van der Waals surface area contributed by atoms with E-state index in [9.17, 15) is 24.0 Å². The number of rotatable bonds is 9. The molecular weight excluding hydrogens is 510 g/mol. The van der Waals surface area contributed by atoms with Crippen molar-refractivity contribution < 1.29 is 33.5 Å². The van der Waals surface area contributed by atoms with Crippen molar-refractivity contribution in [2.24, 2.45) is 10.8 Å². The third kappa shape index (κ3) is 8.42. The molecule has 1 N–H and O–H groups in total. The number of esters is 1. The first-order valence-electron chi connectivity index (χ1n) is 13.3. The van der Waals surface area contributed by atoms with Crippen molar-refractivity contribution in [1.82, 2.24) is 5.48 Å². The van der Waals surface area contributed by atoms with E-state index >= 15 is 0 Å². The van der Waals surface area contributed by atoms with Gasteiger partial charge in [0.25, 0.3) is 5.91 Å². The van der Waals surface area contributed by atoms with Crippen LogP contribution < -0.4 is 5.48 Å². The second-order valence-electron chi connectivity index (χ2n) is 12.8. The minimum Gasteiger partial charge on any atom is -0.458 e. The Morgan fingerprint density at radius 3 is 1.65 bits per heavy atom. The molecule has 0 radical (unpaired) electrons. The highest BCUT2D eigenvalue weighted by molar-refractivity contribution is 6.16. The summed E-state index contributed by atoms with van der Waals surface area (Å²) in [6.07, 6.45) is -0.823. The highest BCUT2D eigenvalue weighted by atomic mass is 16.7. The molecule has 1 unspecified atom stereocenters. The van der Waals surface area contributed by atoms with E-state index in [-0.39, 0.29) is 40.2 Å². The summed E-state index contributed by atoms with van der Waals surface area (Å²) in [6, 6.07) is 10.4. The summed E-state index contributed by atoms with van der Waals surface area (Å²) in [5, 5.41) is 0. The zero-order valence-corrected chi connectivity index (χ0v) is 25.2. The molecule has 0 bridgehead atoms. The zero-order chi connectivity index (χ0) is 30.6. The molecule has 8 heteroatoms. The van der Waals surface area contributed by atoms with Gasteiger partial charge in [0.2, 0.25) is 0 Å². The van der Waals surface area contributed by atoms with Crippen molar-refractivity contribution in [3.05, 3.63) is 70.3 Å². The lowest BCUT2D eigenvalue weighted by Crippen LogP contribution is -2.38. The van der Waals surface area contributed by atoms with E-state index in [1.54, 1.807) is 60.6 Å². The number of hydrogen-bond acceptors (Lipinski definition) is 7. The van der Waals surface area contributed by atoms with Crippen LogP contribution in [0.4, 0.5) is 0 Å². The number of ether oxygens (including phenoxy) is 1. The van der Waals surface area contributed by atoms with Crippen LogP contribution in [-0.4, -0.2) is 40.9 Å². The van der Waals surface area contributed by atoms with Crippen molar-refractivity contribution >= 4 is 29.2 Å². The Bertz CT molecular complexity index is 1290. The molecule has 0 aliphatic heterocycles. The zero-order valence-electron chi connectivity index (χ0n) is 25.2. The lowest BCUT2D eigenvalue weighted by molar-refractivity contribution is -0.172. The normalized spacial score (nSPS) is 12.8. The number of hydroxylamine groups is 1. The number of benzene rings is 2. The van der Waals surface area contributed by atoms with Gasteiger partial charge < -0.3 is 4.74 Å². The van der Waals surface area contributed by atoms with Crippen molar-refractivity contribution in [3.63, 3.8) is 0 Å². The van der Waals surface area contributed by atoms with E-state index in [0.29, 0.717) is 5.56 Å². The molecule has 2 aromatic carbocycles. The van der Waals surface area contributed by atoms with Crippen LogP contribution in [0.2, 0.25) is 0 Å². The number of Topliss-reactive ketones (excluding diaryl/α,β-unsaturated/α-hetero) is 2. The van der Waals surface area contributed by atoms with Crippen LogP contribution in [-0.2, 0) is 14.4 Å². The van der Waals surface area contributed by atoms with E-state index in [1.165, 1.54) is 30.3 Å². The number of carbonyl (C=O) groups excluding carboxylic acids is 5. The lowest BCUT2D eigenvalue weighted by Gasteiger charge is -2.23. The van der Waals surface area contributed by atoms with Crippen molar-refractivity contribution in [2.75, 3.05) is 0 Å². The van der Waals surface area contributed by atoms with Crippen LogP contribution in [0.15, 0.2) is 42.5 Å². The Morgan fingerprint density at radius 2 is 1.18 bits per heavy atom. The van der Waals surface area contributed by atoms with Gasteiger partial charge in [-0.1, -0.05) is 78.8 Å². The number of carbonyl (C=O) groups is 5. The molecule has 0 heterocycles. The van der Waals surface area contributed by atoms with Crippen molar-refractivity contribution in [2.45, 2.75) is 87.4 Å². The Kier molecular flexibility index (Phi) is 9.97. The molecule has 0 spiro atoms. The maximum absolute atomic E-state index is 13.6. The van der Waals surface area contributed by atoms with E-state index < -0.39 is 40.2 Å². The van der Waals surface area contributed by atoms with Gasteiger partial charge in [0, 0.05) is 33.1 Å². The van der Waals surface area contributed by atoms with Crippen molar-refractivity contribution in [3.8, 4) is 0 Å². The molecule has 0 saturated carbocycles. The summed E-state index contributed by atoms with van der Waals surface area (Å²) >= 11 is 0. The van der Waals surface area contributed by atoms with Gasteiger partial charge in [-0.2, -0.15) is 0 Å². The van der Waals surface area contributed by atoms with Crippen LogP contribution in [0.5, 0.6) is 0 Å². The fraction of sp³-hybridized carbons (Fsp3) is 0.469. The van der Waals surface area contributed by atoms with Crippen LogP contribution in [0, 0.1) is 10.8 Å². The fourth-order valence-corrected chi connectivity index (χ4v) is 3.71. The summed E-state index contributed by atoms with van der Waals surface area (Å²) in [6.45, 7) is 17.6. The highest BCUT2D eigenvalue weighted by Crippen LogP contribution is 2.26. The second-order valence-corrected chi connectivity index (χ2v) is 12.8. The van der Waals surface area contributed by atoms with Crippen LogP contribution >= 0.6 is 0 Å².